The van der Waals surface area contributed by atoms with Crippen molar-refractivity contribution in [2.45, 2.75) is 37.9 Å². The molecule has 1 aliphatic rings. The Morgan fingerprint density at radius 3 is 2.80 bits per heavy atom. The number of methoxy groups -OCH3 is 1. The van der Waals surface area contributed by atoms with Crippen LogP contribution in [0.15, 0.2) is 0 Å². The molecule has 0 unspecified atom stereocenters. The van der Waals surface area contributed by atoms with Gasteiger partial charge in [0.25, 0.3) is 0 Å². The van der Waals surface area contributed by atoms with E-state index in [-0.39, 0.29) is 18.4 Å². The van der Waals surface area contributed by atoms with E-state index in [1.807, 2.05) is 0 Å². The lowest BCUT2D eigenvalue weighted by molar-refractivity contribution is -0.256. The lowest BCUT2D eigenvalue weighted by atomic mass is 10.0. The highest BCUT2D eigenvalue weighted by atomic mass is 16.7. The number of carbonyl (C=O) groups is 1. The second-order valence-electron chi connectivity index (χ2n) is 3.59. The first-order valence-electron chi connectivity index (χ1n) is 4.83. The van der Waals surface area contributed by atoms with Gasteiger partial charge in [0.1, 0.15) is 6.10 Å². The van der Waals surface area contributed by atoms with Gasteiger partial charge < -0.3 is 25.0 Å². The summed E-state index contributed by atoms with van der Waals surface area (Å²) in [5.74, 6) is -0.159. The van der Waals surface area contributed by atoms with E-state index in [4.69, 9.17) is 9.47 Å². The van der Waals surface area contributed by atoms with E-state index in [0.717, 1.165) is 0 Å². The monoisotopic (exact) mass is 219 g/mol. The molecule has 0 aromatic heterocycles. The van der Waals surface area contributed by atoms with Crippen LogP contribution in [-0.2, 0) is 14.3 Å². The highest BCUT2D eigenvalue weighted by Gasteiger charge is 2.36. The Hall–Kier alpha value is -0.690. The van der Waals surface area contributed by atoms with Crippen molar-refractivity contribution in [3.05, 3.63) is 0 Å². The molecule has 0 aromatic carbocycles. The fraction of sp³-hybridized carbons (Fsp3) is 0.889. The molecule has 1 rings (SSSR count). The van der Waals surface area contributed by atoms with Crippen molar-refractivity contribution in [3.63, 3.8) is 0 Å². The number of aliphatic hydroxyl groups is 2. The van der Waals surface area contributed by atoms with Crippen molar-refractivity contribution in [2.75, 3.05) is 13.7 Å². The summed E-state index contributed by atoms with van der Waals surface area (Å²) in [6.07, 6.45) is -2.82. The Morgan fingerprint density at radius 2 is 2.27 bits per heavy atom. The van der Waals surface area contributed by atoms with Gasteiger partial charge in [0.05, 0.1) is 12.2 Å². The van der Waals surface area contributed by atoms with Crippen molar-refractivity contribution >= 4 is 5.91 Å². The van der Waals surface area contributed by atoms with Crippen molar-refractivity contribution in [2.24, 2.45) is 0 Å². The summed E-state index contributed by atoms with van der Waals surface area (Å²) in [6, 6.07) is 0. The van der Waals surface area contributed by atoms with Gasteiger partial charge in [-0.25, -0.2) is 0 Å². The summed E-state index contributed by atoms with van der Waals surface area (Å²) < 4.78 is 10.2. The molecule has 1 saturated heterocycles. The Bertz CT molecular complexity index is 223. The number of ether oxygens (including phenoxy) is 2. The maximum absolute atomic E-state index is 10.7. The molecule has 0 aliphatic carbocycles. The molecule has 1 amide bonds. The molecule has 0 bridgehead atoms. The third kappa shape index (κ3) is 3.42. The third-order valence-corrected chi connectivity index (χ3v) is 2.32. The molecule has 0 spiro atoms. The second kappa shape index (κ2) is 5.41. The van der Waals surface area contributed by atoms with Crippen LogP contribution in [0.4, 0.5) is 0 Å². The van der Waals surface area contributed by atoms with Crippen molar-refractivity contribution < 1.29 is 24.5 Å². The Balaban J connectivity index is 2.44. The van der Waals surface area contributed by atoms with E-state index in [9.17, 15) is 15.0 Å². The first-order chi connectivity index (χ1) is 7.04. The number of hydrogen-bond acceptors (Lipinski definition) is 5. The highest BCUT2D eigenvalue weighted by Crippen LogP contribution is 2.20. The molecule has 6 heteroatoms. The van der Waals surface area contributed by atoms with Crippen molar-refractivity contribution in [3.8, 4) is 0 Å². The third-order valence-electron chi connectivity index (χ3n) is 2.32. The molecular formula is C9H17NO5. The zero-order valence-electron chi connectivity index (χ0n) is 8.84. The highest BCUT2D eigenvalue weighted by molar-refractivity contribution is 5.72. The normalized spacial score (nSPS) is 36.3. The van der Waals surface area contributed by atoms with Gasteiger partial charge in [-0.1, -0.05) is 0 Å². The van der Waals surface area contributed by atoms with Gasteiger partial charge in [-0.15, -0.1) is 0 Å². The summed E-state index contributed by atoms with van der Waals surface area (Å²) in [5, 5.41) is 21.5. The molecule has 1 aliphatic heterocycles. The lowest BCUT2D eigenvalue weighted by Crippen LogP contribution is -2.51. The molecule has 15 heavy (non-hydrogen) atoms. The van der Waals surface area contributed by atoms with Crippen LogP contribution in [0.1, 0.15) is 13.3 Å². The topological polar surface area (TPSA) is 88.0 Å². The second-order valence-corrected chi connectivity index (χ2v) is 3.59. The minimum Gasteiger partial charge on any atom is -0.390 e. The van der Waals surface area contributed by atoms with Crippen LogP contribution in [0.5, 0.6) is 0 Å². The predicted molar refractivity (Wildman–Crippen MR) is 51.0 cm³/mol. The number of hydrogen-bond donors (Lipinski definition) is 3. The predicted octanol–water partition coefficient (Wildman–Crippen LogP) is -1.39. The van der Waals surface area contributed by atoms with E-state index in [0.29, 0.717) is 6.54 Å². The van der Waals surface area contributed by atoms with Crippen LogP contribution in [0.3, 0.4) is 0 Å². The van der Waals surface area contributed by atoms with Gasteiger partial charge in [0.15, 0.2) is 6.29 Å². The number of carbonyl (C=O) groups excluding carboxylic acids is 1. The summed E-state index contributed by atoms with van der Waals surface area (Å²) in [4.78, 5) is 10.7. The number of amides is 1. The minimum absolute atomic E-state index is 0.159. The van der Waals surface area contributed by atoms with Gasteiger partial charge in [0, 0.05) is 27.0 Å². The maximum Gasteiger partial charge on any atom is 0.216 e. The summed E-state index contributed by atoms with van der Waals surface area (Å²) in [5.41, 5.74) is 0. The Labute approximate surface area is 88.2 Å². The minimum atomic E-state index is -1.04. The fourth-order valence-electron chi connectivity index (χ4n) is 1.50. The van der Waals surface area contributed by atoms with Crippen molar-refractivity contribution in [1.29, 1.82) is 0 Å². The number of rotatable bonds is 3. The molecular weight excluding hydrogens is 202 g/mol. The van der Waals surface area contributed by atoms with E-state index in [1.54, 1.807) is 0 Å². The SMILES string of the molecule is CO[C@@H]1O[C@H](CNC(C)=O)C[C@@H](O)[C@H]1O. The average molecular weight is 219 g/mol. The Morgan fingerprint density at radius 1 is 1.60 bits per heavy atom. The van der Waals surface area contributed by atoms with Crippen LogP contribution in [-0.4, -0.2) is 54.4 Å². The van der Waals surface area contributed by atoms with Crippen LogP contribution in [0, 0.1) is 0 Å². The van der Waals surface area contributed by atoms with E-state index < -0.39 is 18.5 Å². The first-order valence-corrected chi connectivity index (χ1v) is 4.83. The molecule has 6 nitrogen and oxygen atoms in total. The van der Waals surface area contributed by atoms with Crippen LogP contribution < -0.4 is 5.32 Å². The summed E-state index contributed by atoms with van der Waals surface area (Å²) in [7, 11) is 1.39. The van der Waals surface area contributed by atoms with Gasteiger partial charge in [-0.05, 0) is 0 Å². The first kappa shape index (κ1) is 12.4. The van der Waals surface area contributed by atoms with Crippen molar-refractivity contribution in [1.82, 2.24) is 5.32 Å². The maximum atomic E-state index is 10.7. The Kier molecular flexibility index (Phi) is 4.46. The smallest absolute Gasteiger partial charge is 0.216 e. The van der Waals surface area contributed by atoms with E-state index >= 15 is 0 Å². The van der Waals surface area contributed by atoms with Crippen LogP contribution in [0.2, 0.25) is 0 Å². The molecule has 0 saturated carbocycles. The standard InChI is InChI=1S/C9H17NO5/c1-5(11)10-4-6-3-7(12)8(13)9(14-2)15-6/h6-9,12-13H,3-4H2,1-2H3,(H,10,11)/t6-,7+,8+,9+/m0/s1. The molecule has 3 N–H and O–H groups in total. The van der Waals surface area contributed by atoms with Gasteiger partial charge in [-0.3, -0.25) is 4.79 Å². The molecule has 4 atom stereocenters. The molecule has 1 fully saturated rings. The van der Waals surface area contributed by atoms with Gasteiger partial charge >= 0.3 is 0 Å². The molecule has 88 valence electrons. The average Bonchev–Trinajstić information content (AvgIpc) is 2.19. The molecule has 1 heterocycles. The van der Waals surface area contributed by atoms with E-state index in [1.165, 1.54) is 14.0 Å². The summed E-state index contributed by atoms with van der Waals surface area (Å²) in [6.45, 7) is 1.71. The zero-order valence-corrected chi connectivity index (χ0v) is 8.84. The molecule has 0 aromatic rings. The van der Waals surface area contributed by atoms with E-state index in [2.05, 4.69) is 5.32 Å². The van der Waals surface area contributed by atoms with Gasteiger partial charge in [0.2, 0.25) is 5.91 Å². The zero-order chi connectivity index (χ0) is 11.4. The van der Waals surface area contributed by atoms with Gasteiger partial charge in [-0.2, -0.15) is 0 Å². The molecule has 0 radical (unpaired) electrons. The van der Waals surface area contributed by atoms with Crippen LogP contribution >= 0.6 is 0 Å². The number of nitrogens with one attached hydrogen (secondary N) is 1. The summed E-state index contributed by atoms with van der Waals surface area (Å²) >= 11 is 0. The quantitative estimate of drug-likeness (QED) is 0.543. The fourth-order valence-corrected chi connectivity index (χ4v) is 1.50. The largest absolute Gasteiger partial charge is 0.390 e. The lowest BCUT2D eigenvalue weighted by Gasteiger charge is -2.36. The number of aliphatic hydroxyl groups excluding tert-OH is 2. The van der Waals surface area contributed by atoms with Crippen LogP contribution in [0.25, 0.3) is 0 Å².